The molecule has 0 radical (unpaired) electrons. The number of carbonyl (C=O) groups excluding carboxylic acids is 3. The third kappa shape index (κ3) is 4.42. The topological polar surface area (TPSA) is 84.9 Å². The Morgan fingerprint density at radius 1 is 0.833 bits per heavy atom. The van der Waals surface area contributed by atoms with E-state index >= 15 is 0 Å². The van der Waals surface area contributed by atoms with Gasteiger partial charge in [-0.1, -0.05) is 60.7 Å². The molecule has 0 bridgehead atoms. The second-order valence-electron chi connectivity index (χ2n) is 8.12. The van der Waals surface area contributed by atoms with Crippen LogP contribution < -0.4 is 19.7 Å². The number of imide groups is 2. The fourth-order valence-electron chi connectivity index (χ4n) is 4.08. The van der Waals surface area contributed by atoms with Crippen LogP contribution in [0.3, 0.4) is 0 Å². The largest absolute Gasteiger partial charge is 0.497 e. The lowest BCUT2D eigenvalue weighted by atomic mass is 10.0. The van der Waals surface area contributed by atoms with E-state index in [0.717, 1.165) is 21.2 Å². The lowest BCUT2D eigenvalue weighted by Crippen LogP contribution is -2.54. The molecule has 5 rings (SSSR count). The molecule has 1 aliphatic heterocycles. The second-order valence-corrected chi connectivity index (χ2v) is 8.12. The van der Waals surface area contributed by atoms with Crippen LogP contribution in [0.5, 0.6) is 11.5 Å². The molecular weight excluding hydrogens is 456 g/mol. The summed E-state index contributed by atoms with van der Waals surface area (Å²) in [6.45, 7) is 0.304. The van der Waals surface area contributed by atoms with Gasteiger partial charge in [0.25, 0.3) is 11.8 Å². The molecule has 0 aliphatic carbocycles. The summed E-state index contributed by atoms with van der Waals surface area (Å²) in [5.41, 5.74) is 1.70. The number of rotatable bonds is 6. The van der Waals surface area contributed by atoms with E-state index in [1.54, 1.807) is 42.5 Å². The summed E-state index contributed by atoms with van der Waals surface area (Å²) in [7, 11) is 1.52. The monoisotopic (exact) mass is 478 g/mol. The van der Waals surface area contributed by atoms with Crippen LogP contribution >= 0.6 is 0 Å². The van der Waals surface area contributed by atoms with E-state index in [4.69, 9.17) is 9.47 Å². The summed E-state index contributed by atoms with van der Waals surface area (Å²) in [5, 5.41) is 4.44. The molecule has 0 atom stereocenters. The summed E-state index contributed by atoms with van der Waals surface area (Å²) in [5.74, 6) is -0.407. The Bertz CT molecular complexity index is 1500. The molecule has 7 nitrogen and oxygen atoms in total. The van der Waals surface area contributed by atoms with Crippen molar-refractivity contribution in [3.63, 3.8) is 0 Å². The van der Waals surface area contributed by atoms with Crippen LogP contribution in [-0.4, -0.2) is 25.0 Å². The van der Waals surface area contributed by atoms with Crippen LogP contribution in [0.2, 0.25) is 0 Å². The molecule has 0 spiro atoms. The van der Waals surface area contributed by atoms with Crippen molar-refractivity contribution in [2.45, 2.75) is 6.61 Å². The molecule has 1 aliphatic rings. The van der Waals surface area contributed by atoms with Gasteiger partial charge in [0.1, 0.15) is 23.7 Å². The van der Waals surface area contributed by atoms with Crippen molar-refractivity contribution in [1.29, 1.82) is 0 Å². The normalized spacial score (nSPS) is 14.8. The lowest BCUT2D eigenvalue weighted by Gasteiger charge is -2.26. The molecule has 178 valence electrons. The first-order chi connectivity index (χ1) is 17.5. The molecule has 7 heteroatoms. The van der Waals surface area contributed by atoms with Gasteiger partial charge in [-0.3, -0.25) is 14.9 Å². The van der Waals surface area contributed by atoms with Gasteiger partial charge in [0.05, 0.1) is 12.8 Å². The highest BCUT2D eigenvalue weighted by atomic mass is 16.5. The summed E-state index contributed by atoms with van der Waals surface area (Å²) in [6.07, 6.45) is 1.44. The number of methoxy groups -OCH3 is 1. The number of nitrogens with zero attached hydrogens (tertiary/aromatic N) is 1. The third-order valence-electron chi connectivity index (χ3n) is 5.91. The van der Waals surface area contributed by atoms with Crippen molar-refractivity contribution in [2.24, 2.45) is 0 Å². The number of hydrogen-bond donors (Lipinski definition) is 1. The fraction of sp³-hybridized carbons (Fsp3) is 0.0690. The van der Waals surface area contributed by atoms with Crippen LogP contribution in [0.1, 0.15) is 11.1 Å². The minimum absolute atomic E-state index is 0.174. The van der Waals surface area contributed by atoms with Crippen molar-refractivity contribution in [3.8, 4) is 11.5 Å². The van der Waals surface area contributed by atoms with Gasteiger partial charge in [-0.15, -0.1) is 0 Å². The Labute approximate surface area is 207 Å². The van der Waals surface area contributed by atoms with Crippen molar-refractivity contribution < 1.29 is 23.9 Å². The van der Waals surface area contributed by atoms with Crippen LogP contribution in [-0.2, 0) is 16.2 Å². The molecule has 0 unspecified atom stereocenters. The zero-order valence-corrected chi connectivity index (χ0v) is 19.4. The highest BCUT2D eigenvalue weighted by Gasteiger charge is 2.37. The molecule has 1 saturated heterocycles. The quantitative estimate of drug-likeness (QED) is 0.308. The predicted octanol–water partition coefficient (Wildman–Crippen LogP) is 5.09. The number of carbonyl (C=O) groups is 3. The van der Waals surface area contributed by atoms with Crippen LogP contribution in [0, 0.1) is 0 Å². The van der Waals surface area contributed by atoms with E-state index < -0.39 is 17.8 Å². The molecule has 4 aromatic carbocycles. The molecular formula is C29H22N2O5. The number of anilines is 1. The fourth-order valence-corrected chi connectivity index (χ4v) is 4.08. The molecule has 36 heavy (non-hydrogen) atoms. The Kier molecular flexibility index (Phi) is 6.19. The summed E-state index contributed by atoms with van der Waals surface area (Å²) in [4.78, 5) is 39.3. The van der Waals surface area contributed by atoms with Crippen molar-refractivity contribution in [3.05, 3.63) is 108 Å². The molecule has 1 fully saturated rings. The van der Waals surface area contributed by atoms with Crippen LogP contribution in [0.4, 0.5) is 10.5 Å². The molecule has 4 aromatic rings. The highest BCUT2D eigenvalue weighted by molar-refractivity contribution is 6.39. The summed E-state index contributed by atoms with van der Waals surface area (Å²) >= 11 is 0. The number of urea groups is 1. The highest BCUT2D eigenvalue weighted by Crippen LogP contribution is 2.28. The van der Waals surface area contributed by atoms with E-state index in [2.05, 4.69) is 5.32 Å². The zero-order valence-electron chi connectivity index (χ0n) is 19.4. The number of benzene rings is 4. The molecule has 1 heterocycles. The van der Waals surface area contributed by atoms with Crippen molar-refractivity contribution in [1.82, 2.24) is 5.32 Å². The summed E-state index contributed by atoms with van der Waals surface area (Å²) < 4.78 is 11.3. The van der Waals surface area contributed by atoms with Gasteiger partial charge in [-0.2, -0.15) is 0 Å². The Balaban J connectivity index is 1.44. The van der Waals surface area contributed by atoms with E-state index in [0.29, 0.717) is 29.4 Å². The Morgan fingerprint density at radius 3 is 2.36 bits per heavy atom. The maximum absolute atomic E-state index is 13.2. The van der Waals surface area contributed by atoms with Gasteiger partial charge in [-0.05, 0) is 52.7 Å². The number of barbiturate groups is 1. The molecule has 1 N–H and O–H groups in total. The minimum atomic E-state index is -0.812. The number of amides is 4. The minimum Gasteiger partial charge on any atom is -0.497 e. The maximum atomic E-state index is 13.2. The number of ether oxygens (including phenoxy) is 2. The predicted molar refractivity (Wildman–Crippen MR) is 137 cm³/mol. The first kappa shape index (κ1) is 22.9. The third-order valence-corrected chi connectivity index (χ3v) is 5.91. The smallest absolute Gasteiger partial charge is 0.335 e. The van der Waals surface area contributed by atoms with Crippen LogP contribution in [0.15, 0.2) is 96.6 Å². The maximum Gasteiger partial charge on any atom is 0.335 e. The summed E-state index contributed by atoms with van der Waals surface area (Å²) in [6, 6.07) is 26.8. The van der Waals surface area contributed by atoms with E-state index in [9.17, 15) is 14.4 Å². The van der Waals surface area contributed by atoms with E-state index in [1.807, 2.05) is 48.5 Å². The molecule has 4 amide bonds. The molecule has 0 aromatic heterocycles. The van der Waals surface area contributed by atoms with Crippen LogP contribution in [0.25, 0.3) is 16.8 Å². The standard InChI is InChI=1S/C29H22N2O5/c1-35-23-15-13-22(14-16-23)31-28(33)25(27(32)30-29(31)34)17-20-8-3-5-12-26(20)36-18-21-10-6-9-19-7-2-4-11-24(19)21/h2-17H,18H2,1H3,(H,30,32,34)/b25-17+. The van der Waals surface area contributed by atoms with Gasteiger partial charge < -0.3 is 9.47 Å². The lowest BCUT2D eigenvalue weighted by molar-refractivity contribution is -0.122. The first-order valence-electron chi connectivity index (χ1n) is 11.3. The van der Waals surface area contributed by atoms with Crippen molar-refractivity contribution in [2.75, 3.05) is 12.0 Å². The van der Waals surface area contributed by atoms with Gasteiger partial charge in [0.15, 0.2) is 0 Å². The SMILES string of the molecule is COc1ccc(N2C(=O)NC(=O)/C(=C\c3ccccc3OCc3cccc4ccccc34)C2=O)cc1. The first-order valence-corrected chi connectivity index (χ1v) is 11.3. The van der Waals surface area contributed by atoms with Gasteiger partial charge in [0, 0.05) is 5.56 Å². The average molecular weight is 479 g/mol. The zero-order chi connectivity index (χ0) is 25.1. The molecule has 0 saturated carbocycles. The number of fused-ring (bicyclic) bond motifs is 1. The number of nitrogens with one attached hydrogen (secondary N) is 1. The van der Waals surface area contributed by atoms with Gasteiger partial charge >= 0.3 is 6.03 Å². The number of para-hydroxylation sites is 1. The average Bonchev–Trinajstić information content (AvgIpc) is 2.90. The Morgan fingerprint density at radius 2 is 1.56 bits per heavy atom. The second kappa shape index (κ2) is 9.76. The van der Waals surface area contributed by atoms with Gasteiger partial charge in [-0.25, -0.2) is 9.69 Å². The number of hydrogen-bond acceptors (Lipinski definition) is 5. The Hall–Kier alpha value is -4.91. The van der Waals surface area contributed by atoms with Gasteiger partial charge in [0.2, 0.25) is 0 Å². The van der Waals surface area contributed by atoms with E-state index in [1.165, 1.54) is 13.2 Å². The van der Waals surface area contributed by atoms with Crippen molar-refractivity contribution >= 4 is 40.4 Å². The van der Waals surface area contributed by atoms with E-state index in [-0.39, 0.29) is 5.57 Å².